The molecule has 0 fully saturated rings. The predicted molar refractivity (Wildman–Crippen MR) is 38.7 cm³/mol. The van der Waals surface area contributed by atoms with Crippen molar-refractivity contribution < 1.29 is 22.8 Å². The number of carbonyl (C=O) groups is 1. The molecule has 0 aromatic rings. The van der Waals surface area contributed by atoms with Gasteiger partial charge in [0.2, 0.25) is 0 Å². The molecule has 0 rings (SSSR count). The van der Waals surface area contributed by atoms with Crippen LogP contribution in [-0.4, -0.2) is 44.4 Å². The summed E-state index contributed by atoms with van der Waals surface area (Å²) in [4.78, 5) is 15.3. The first-order valence-electron chi connectivity index (χ1n) is 3.45. The normalized spacial score (nSPS) is 11.5. The molecule has 0 saturated heterocycles. The van der Waals surface area contributed by atoms with Gasteiger partial charge in [0.25, 0.3) is 5.91 Å². The van der Waals surface area contributed by atoms with Crippen LogP contribution in [0.1, 0.15) is 0 Å². The van der Waals surface area contributed by atoms with E-state index < -0.39 is 25.2 Å². The molecule has 1 amide bonds. The Bertz CT molecular complexity index is 172. The summed E-state index contributed by atoms with van der Waals surface area (Å²) in [6, 6.07) is 0. The van der Waals surface area contributed by atoms with Gasteiger partial charge in [-0.15, -0.1) is 0 Å². The Morgan fingerprint density at radius 1 is 1.54 bits per heavy atom. The van der Waals surface area contributed by atoms with Gasteiger partial charge in [0.15, 0.2) is 0 Å². The number of hydroxylamine groups is 2. The van der Waals surface area contributed by atoms with Crippen LogP contribution in [-0.2, 0) is 9.63 Å². The Morgan fingerprint density at radius 2 is 2.08 bits per heavy atom. The van der Waals surface area contributed by atoms with E-state index in [0.717, 1.165) is 5.06 Å². The quantitative estimate of drug-likeness (QED) is 0.657. The lowest BCUT2D eigenvalue weighted by Gasteiger charge is -2.14. The van der Waals surface area contributed by atoms with Crippen LogP contribution in [0.4, 0.5) is 13.2 Å². The van der Waals surface area contributed by atoms with Crippen molar-refractivity contribution in [2.75, 3.05) is 27.2 Å². The summed E-state index contributed by atoms with van der Waals surface area (Å²) in [6.07, 6.45) is -4.30. The first-order chi connectivity index (χ1) is 5.87. The smallest absolute Gasteiger partial charge is 0.300 e. The number of hydrogen-bond acceptors (Lipinski definition) is 3. The molecule has 13 heavy (non-hydrogen) atoms. The minimum atomic E-state index is -4.30. The second kappa shape index (κ2) is 5.03. The van der Waals surface area contributed by atoms with Crippen LogP contribution >= 0.6 is 0 Å². The average Bonchev–Trinajstić information content (AvgIpc) is 2.00. The minimum absolute atomic E-state index is 0.399. The van der Waals surface area contributed by atoms with Gasteiger partial charge < -0.3 is 5.32 Å². The molecule has 0 radical (unpaired) electrons. The van der Waals surface area contributed by atoms with E-state index in [0.29, 0.717) is 0 Å². The van der Waals surface area contributed by atoms with Gasteiger partial charge in [0, 0.05) is 7.05 Å². The third-order valence-electron chi connectivity index (χ3n) is 1.23. The minimum Gasteiger partial charge on any atom is -0.300 e. The lowest BCUT2D eigenvalue weighted by Crippen LogP contribution is -2.38. The van der Waals surface area contributed by atoms with Gasteiger partial charge in [-0.2, -0.15) is 13.2 Å². The Balaban J connectivity index is 3.60. The zero-order valence-corrected chi connectivity index (χ0v) is 7.31. The highest BCUT2D eigenvalue weighted by atomic mass is 19.4. The molecule has 0 unspecified atom stereocenters. The molecule has 0 aromatic carbocycles. The Kier molecular flexibility index (Phi) is 4.71. The van der Waals surface area contributed by atoms with Crippen LogP contribution < -0.4 is 5.32 Å². The molecule has 0 aliphatic heterocycles. The van der Waals surface area contributed by atoms with Crippen LogP contribution in [0.3, 0.4) is 0 Å². The maximum atomic E-state index is 11.6. The van der Waals surface area contributed by atoms with Gasteiger partial charge in [0.1, 0.15) is 0 Å². The van der Waals surface area contributed by atoms with Crippen molar-refractivity contribution in [2.45, 2.75) is 6.18 Å². The molecule has 7 heteroatoms. The third-order valence-corrected chi connectivity index (χ3v) is 1.23. The van der Waals surface area contributed by atoms with Crippen molar-refractivity contribution >= 4 is 5.91 Å². The molecule has 0 bridgehead atoms. The van der Waals surface area contributed by atoms with Crippen molar-refractivity contribution in [3.8, 4) is 0 Å². The first-order valence-corrected chi connectivity index (χ1v) is 3.45. The lowest BCUT2D eigenvalue weighted by molar-refractivity contribution is -0.168. The summed E-state index contributed by atoms with van der Waals surface area (Å²) in [6.45, 7) is -1.58. The van der Waals surface area contributed by atoms with Crippen LogP contribution in [0.2, 0.25) is 0 Å². The summed E-state index contributed by atoms with van der Waals surface area (Å²) in [5, 5.41) is 2.79. The number of rotatable bonds is 4. The van der Waals surface area contributed by atoms with Crippen molar-refractivity contribution in [3.05, 3.63) is 0 Å². The number of nitrogens with zero attached hydrogens (tertiary/aromatic N) is 1. The van der Waals surface area contributed by atoms with Crippen LogP contribution in [0.5, 0.6) is 0 Å². The van der Waals surface area contributed by atoms with E-state index >= 15 is 0 Å². The highest BCUT2D eigenvalue weighted by Crippen LogP contribution is 2.11. The van der Waals surface area contributed by atoms with Crippen molar-refractivity contribution in [3.63, 3.8) is 0 Å². The van der Waals surface area contributed by atoms with E-state index in [4.69, 9.17) is 0 Å². The number of hydrogen-bond donors (Lipinski definition) is 1. The lowest BCUT2D eigenvalue weighted by atomic mass is 10.5. The van der Waals surface area contributed by atoms with Gasteiger partial charge in [-0.1, -0.05) is 0 Å². The topological polar surface area (TPSA) is 41.6 Å². The highest BCUT2D eigenvalue weighted by Gasteiger charge is 2.26. The summed E-state index contributed by atoms with van der Waals surface area (Å²) in [7, 11) is 2.57. The van der Waals surface area contributed by atoms with Crippen LogP contribution in [0.15, 0.2) is 0 Å². The number of alkyl halides is 3. The average molecular weight is 200 g/mol. The summed E-state index contributed by atoms with van der Waals surface area (Å²) in [5.74, 6) is -0.563. The van der Waals surface area contributed by atoms with E-state index in [1.165, 1.54) is 14.2 Å². The Labute approximate surface area is 73.6 Å². The molecule has 0 atom stereocenters. The molecule has 0 saturated carbocycles. The fourth-order valence-electron chi connectivity index (χ4n) is 0.524. The molecular formula is C6H11F3N2O2. The number of halogens is 3. The van der Waals surface area contributed by atoms with Gasteiger partial charge in [-0.05, 0) is 0 Å². The van der Waals surface area contributed by atoms with E-state index in [9.17, 15) is 18.0 Å². The standard InChI is InChI=1S/C6H11F3N2O2/c1-11(13-2)5(12)3-10-4-6(7,8)9/h10H,3-4H2,1-2H3. The van der Waals surface area contributed by atoms with Crippen LogP contribution in [0, 0.1) is 0 Å². The third kappa shape index (κ3) is 6.35. The molecule has 0 aliphatic rings. The number of likely N-dealkylation sites (N-methyl/N-ethyl adjacent to an activating group) is 1. The molecule has 0 heterocycles. The van der Waals surface area contributed by atoms with E-state index in [1.807, 2.05) is 5.32 Å². The van der Waals surface area contributed by atoms with Crippen molar-refractivity contribution in [1.82, 2.24) is 10.4 Å². The monoisotopic (exact) mass is 200 g/mol. The Morgan fingerprint density at radius 3 is 2.46 bits per heavy atom. The SMILES string of the molecule is CON(C)C(=O)CNCC(F)(F)F. The molecule has 4 nitrogen and oxygen atoms in total. The number of carbonyl (C=O) groups excluding carboxylic acids is 1. The summed E-state index contributed by atoms with van der Waals surface area (Å²) in [5.41, 5.74) is 0. The summed E-state index contributed by atoms with van der Waals surface area (Å²) < 4.78 is 34.7. The highest BCUT2D eigenvalue weighted by molar-refractivity contribution is 5.76. The maximum Gasteiger partial charge on any atom is 0.401 e. The van der Waals surface area contributed by atoms with Crippen LogP contribution in [0.25, 0.3) is 0 Å². The largest absolute Gasteiger partial charge is 0.401 e. The van der Waals surface area contributed by atoms with Gasteiger partial charge in [-0.25, -0.2) is 5.06 Å². The predicted octanol–water partition coefficient (Wildman–Crippen LogP) is 0.158. The second-order valence-corrected chi connectivity index (χ2v) is 2.29. The molecular weight excluding hydrogens is 189 g/mol. The fourth-order valence-corrected chi connectivity index (χ4v) is 0.524. The number of nitrogens with one attached hydrogen (secondary N) is 1. The molecule has 0 aromatic heterocycles. The first kappa shape index (κ1) is 12.2. The molecule has 0 aliphatic carbocycles. The van der Waals surface area contributed by atoms with E-state index in [-0.39, 0.29) is 0 Å². The maximum absolute atomic E-state index is 11.6. The zero-order valence-electron chi connectivity index (χ0n) is 7.31. The molecule has 0 spiro atoms. The van der Waals surface area contributed by atoms with Crippen molar-refractivity contribution in [2.24, 2.45) is 0 Å². The number of amides is 1. The van der Waals surface area contributed by atoms with Gasteiger partial charge in [-0.3, -0.25) is 9.63 Å². The van der Waals surface area contributed by atoms with E-state index in [2.05, 4.69) is 4.84 Å². The van der Waals surface area contributed by atoms with Gasteiger partial charge >= 0.3 is 6.18 Å². The molecule has 78 valence electrons. The summed E-state index contributed by atoms with van der Waals surface area (Å²) >= 11 is 0. The molecule has 1 N–H and O–H groups in total. The van der Waals surface area contributed by atoms with Gasteiger partial charge in [0.05, 0.1) is 20.2 Å². The van der Waals surface area contributed by atoms with Crippen molar-refractivity contribution in [1.29, 1.82) is 0 Å². The second-order valence-electron chi connectivity index (χ2n) is 2.29. The van der Waals surface area contributed by atoms with E-state index in [1.54, 1.807) is 0 Å². The fraction of sp³-hybridized carbons (Fsp3) is 0.833. The zero-order chi connectivity index (χ0) is 10.5. The Hall–Kier alpha value is -0.820.